The Morgan fingerprint density at radius 2 is 1.74 bits per heavy atom. The molecule has 4 aromatic rings. The van der Waals surface area contributed by atoms with Crippen LogP contribution in [0.5, 0.6) is 0 Å². The molecule has 1 saturated heterocycles. The molecule has 1 N–H and O–H groups in total. The first-order valence-electron chi connectivity index (χ1n) is 12.8. The van der Waals surface area contributed by atoms with Gasteiger partial charge in [0.05, 0.1) is 16.9 Å². The third kappa shape index (κ3) is 5.40. The summed E-state index contributed by atoms with van der Waals surface area (Å²) in [6, 6.07) is 19.2. The molecule has 1 aliphatic rings. The highest BCUT2D eigenvalue weighted by molar-refractivity contribution is 5.87. The molecule has 0 amide bonds. The second-order valence-electron chi connectivity index (χ2n) is 8.80. The lowest BCUT2D eigenvalue weighted by Crippen LogP contribution is -2.30. The first-order valence-corrected chi connectivity index (χ1v) is 12.8. The summed E-state index contributed by atoms with van der Waals surface area (Å²) in [5, 5.41) is 4.74. The Kier molecular flexibility index (Phi) is 7.86. The number of allylic oxidation sites excluding steroid dienone is 1. The van der Waals surface area contributed by atoms with Gasteiger partial charge >= 0.3 is 0 Å². The fraction of sp³-hybridized carbons (Fsp3) is 0.333. The zero-order chi connectivity index (χ0) is 24.8. The molecule has 0 aliphatic carbocycles. The molecule has 184 valence electrons. The average molecular weight is 470 g/mol. The normalized spacial score (nSPS) is 14.0. The van der Waals surface area contributed by atoms with Gasteiger partial charge in [0.15, 0.2) is 0 Å². The van der Waals surface area contributed by atoms with Crippen molar-refractivity contribution < 1.29 is 1.43 Å². The number of nitrogens with one attached hydrogen (secondary N) is 1. The number of hydrogen-bond acceptors (Lipinski definition) is 4. The molecule has 1 fully saturated rings. The van der Waals surface area contributed by atoms with Gasteiger partial charge in [-0.15, -0.1) is 0 Å². The molecule has 4 heterocycles. The summed E-state index contributed by atoms with van der Waals surface area (Å²) in [5.41, 5.74) is 7.57. The summed E-state index contributed by atoms with van der Waals surface area (Å²) in [6.45, 7) is 10.4. The maximum absolute atomic E-state index is 4.96. The molecule has 1 aromatic carbocycles. The van der Waals surface area contributed by atoms with E-state index in [1.807, 2.05) is 20.0 Å². The fourth-order valence-corrected chi connectivity index (χ4v) is 4.56. The van der Waals surface area contributed by atoms with E-state index in [0.717, 1.165) is 58.1 Å². The highest BCUT2D eigenvalue weighted by Gasteiger charge is 2.13. The number of nitrogens with zero attached hydrogens (tertiary/aromatic N) is 4. The van der Waals surface area contributed by atoms with Gasteiger partial charge in [0.25, 0.3) is 0 Å². The molecular weight excluding hydrogens is 430 g/mol. The summed E-state index contributed by atoms with van der Waals surface area (Å²) < 4.78 is 2.18. The van der Waals surface area contributed by atoms with Gasteiger partial charge in [0.2, 0.25) is 0 Å². The molecule has 35 heavy (non-hydrogen) atoms. The van der Waals surface area contributed by atoms with Gasteiger partial charge in [-0.3, -0.25) is 0 Å². The van der Waals surface area contributed by atoms with E-state index < -0.39 is 0 Å². The van der Waals surface area contributed by atoms with Crippen LogP contribution in [0.25, 0.3) is 28.0 Å². The highest BCUT2D eigenvalue weighted by Crippen LogP contribution is 2.27. The van der Waals surface area contributed by atoms with Gasteiger partial charge in [0, 0.05) is 55.8 Å². The van der Waals surface area contributed by atoms with Crippen molar-refractivity contribution in [2.75, 3.05) is 23.3 Å². The van der Waals surface area contributed by atoms with E-state index in [0.29, 0.717) is 0 Å². The van der Waals surface area contributed by atoms with E-state index in [9.17, 15) is 0 Å². The van der Waals surface area contributed by atoms with Gasteiger partial charge in [-0.05, 0) is 75.6 Å². The molecular formula is C30H39N5. The number of benzene rings is 1. The molecule has 0 unspecified atom stereocenters. The first-order chi connectivity index (χ1) is 17.1. The monoisotopic (exact) mass is 469 g/mol. The maximum atomic E-state index is 4.96. The van der Waals surface area contributed by atoms with Crippen LogP contribution in [0.4, 0.5) is 11.5 Å². The predicted molar refractivity (Wildman–Crippen MR) is 152 cm³/mol. The largest absolute Gasteiger partial charge is 0.357 e. The molecule has 5 rings (SSSR count). The summed E-state index contributed by atoms with van der Waals surface area (Å²) in [6.07, 6.45) is 7.85. The molecule has 0 atom stereocenters. The number of aromatic nitrogens is 3. The van der Waals surface area contributed by atoms with Crippen molar-refractivity contribution in [3.63, 3.8) is 0 Å². The van der Waals surface area contributed by atoms with E-state index >= 15 is 0 Å². The topological polar surface area (TPSA) is 46.0 Å². The number of rotatable bonds is 5. The molecule has 0 radical (unpaired) electrons. The Hall–Kier alpha value is -3.60. The molecule has 0 bridgehead atoms. The van der Waals surface area contributed by atoms with Crippen LogP contribution in [0.1, 0.15) is 52.7 Å². The van der Waals surface area contributed by atoms with Crippen molar-refractivity contribution >= 4 is 28.1 Å². The van der Waals surface area contributed by atoms with E-state index in [4.69, 9.17) is 4.98 Å². The van der Waals surface area contributed by atoms with Crippen LogP contribution in [0.15, 0.2) is 66.9 Å². The van der Waals surface area contributed by atoms with Crippen molar-refractivity contribution in [3.05, 3.63) is 78.1 Å². The van der Waals surface area contributed by atoms with Crippen molar-refractivity contribution in [2.24, 2.45) is 7.05 Å². The van der Waals surface area contributed by atoms with Gasteiger partial charge in [0.1, 0.15) is 5.82 Å². The number of fused-ring (bicyclic) bond motifs is 1. The van der Waals surface area contributed by atoms with E-state index in [2.05, 4.69) is 101 Å². The van der Waals surface area contributed by atoms with Crippen LogP contribution in [-0.4, -0.2) is 27.6 Å². The Labute approximate surface area is 211 Å². The number of pyridine rings is 2. The van der Waals surface area contributed by atoms with Crippen molar-refractivity contribution in [2.45, 2.75) is 47.0 Å². The average Bonchev–Trinajstić information content (AvgIpc) is 3.26. The van der Waals surface area contributed by atoms with Crippen LogP contribution >= 0.6 is 0 Å². The minimum atomic E-state index is 0. The third-order valence-corrected chi connectivity index (χ3v) is 6.63. The lowest BCUT2D eigenvalue weighted by Gasteiger charge is -2.28. The van der Waals surface area contributed by atoms with Gasteiger partial charge in [-0.2, -0.15) is 0 Å². The van der Waals surface area contributed by atoms with Crippen molar-refractivity contribution in [1.82, 2.24) is 14.5 Å². The van der Waals surface area contributed by atoms with E-state index in [-0.39, 0.29) is 1.43 Å². The molecule has 5 heteroatoms. The van der Waals surface area contributed by atoms with Crippen LogP contribution in [0.2, 0.25) is 0 Å². The molecule has 1 aliphatic heterocycles. The number of piperidine rings is 1. The van der Waals surface area contributed by atoms with Crippen molar-refractivity contribution in [1.29, 1.82) is 0 Å². The lowest BCUT2D eigenvalue weighted by molar-refractivity contribution is 0.573. The highest BCUT2D eigenvalue weighted by atomic mass is 15.2. The standard InChI is InChI=1S/C28H31N5.C2H6.H2/c1-4-24(22-14-15-29-28(18-22)33-16-6-5-7-17-33)30-23-11-9-21-10-12-25(31-26(21)19-23)27-13-8-20(2)32(27)3;1-2;/h4,8-15,18-19,30H,5-7,16-17H2,1-3H3;1-2H3;1H/b24-4-;;. The number of aryl methyl sites for hydroxylation is 1. The number of anilines is 2. The Balaban J connectivity index is 0.00000117. The van der Waals surface area contributed by atoms with Gasteiger partial charge in [-0.1, -0.05) is 32.1 Å². The Bertz CT molecular complexity index is 1320. The second kappa shape index (κ2) is 11.2. The Morgan fingerprint density at radius 3 is 2.46 bits per heavy atom. The first kappa shape index (κ1) is 24.5. The SMILES string of the molecule is C/C=C(\Nc1ccc2ccc(-c3ccc(C)n3C)nc2c1)c1ccnc(N2CCCCC2)c1.CC.[HH]. The second-order valence-corrected chi connectivity index (χ2v) is 8.80. The summed E-state index contributed by atoms with van der Waals surface area (Å²) in [4.78, 5) is 12.0. The third-order valence-electron chi connectivity index (χ3n) is 6.63. The summed E-state index contributed by atoms with van der Waals surface area (Å²) in [7, 11) is 2.08. The van der Waals surface area contributed by atoms with Gasteiger partial charge < -0.3 is 14.8 Å². The molecule has 0 saturated carbocycles. The van der Waals surface area contributed by atoms with Crippen LogP contribution in [0, 0.1) is 6.92 Å². The lowest BCUT2D eigenvalue weighted by atomic mass is 10.1. The van der Waals surface area contributed by atoms with Crippen molar-refractivity contribution in [3.8, 4) is 11.4 Å². The van der Waals surface area contributed by atoms with Crippen LogP contribution < -0.4 is 10.2 Å². The molecule has 5 nitrogen and oxygen atoms in total. The zero-order valence-electron chi connectivity index (χ0n) is 21.7. The smallest absolute Gasteiger partial charge is 0.129 e. The zero-order valence-corrected chi connectivity index (χ0v) is 21.7. The minimum Gasteiger partial charge on any atom is -0.357 e. The summed E-state index contributed by atoms with van der Waals surface area (Å²) in [5.74, 6) is 1.07. The Morgan fingerprint density at radius 1 is 0.971 bits per heavy atom. The fourth-order valence-electron chi connectivity index (χ4n) is 4.56. The quantitative estimate of drug-likeness (QED) is 0.326. The minimum absolute atomic E-state index is 0. The molecule has 3 aromatic heterocycles. The number of hydrogen-bond donors (Lipinski definition) is 1. The van der Waals surface area contributed by atoms with Crippen LogP contribution in [-0.2, 0) is 7.05 Å². The molecule has 0 spiro atoms. The maximum Gasteiger partial charge on any atom is 0.129 e. The van der Waals surface area contributed by atoms with E-state index in [1.165, 1.54) is 25.0 Å². The van der Waals surface area contributed by atoms with Gasteiger partial charge in [-0.25, -0.2) is 9.97 Å². The predicted octanol–water partition coefficient (Wildman–Crippen LogP) is 7.68. The van der Waals surface area contributed by atoms with E-state index in [1.54, 1.807) is 0 Å². The summed E-state index contributed by atoms with van der Waals surface area (Å²) >= 11 is 0. The van der Waals surface area contributed by atoms with Crippen LogP contribution in [0.3, 0.4) is 0 Å².